The highest BCUT2D eigenvalue weighted by molar-refractivity contribution is 6.92. The minimum Gasteiger partial charge on any atom is -0.153 e. The highest BCUT2D eigenvalue weighted by atomic mass is 35.5. The van der Waals surface area contributed by atoms with Crippen LogP contribution in [-0.4, -0.2) is 4.33 Å². The fourth-order valence-corrected chi connectivity index (χ4v) is 1.72. The van der Waals surface area contributed by atoms with Gasteiger partial charge in [-0.05, 0) is 17.2 Å². The molecular formula is C12H15Cl4P. The summed E-state index contributed by atoms with van der Waals surface area (Å²) in [7, 11) is 0. The monoisotopic (exact) mass is 330 g/mol. The van der Waals surface area contributed by atoms with Crippen LogP contribution in [0.2, 0.25) is 0 Å². The van der Waals surface area contributed by atoms with Gasteiger partial charge in [0, 0.05) is 6.42 Å². The van der Waals surface area contributed by atoms with Gasteiger partial charge in [0.15, 0.2) is 0 Å². The van der Waals surface area contributed by atoms with Gasteiger partial charge in [-0.2, -0.15) is 9.90 Å². The summed E-state index contributed by atoms with van der Waals surface area (Å²) in [6.45, 7) is 0. The van der Waals surface area contributed by atoms with E-state index in [2.05, 4.69) is 18.2 Å². The summed E-state index contributed by atoms with van der Waals surface area (Å²) in [5.74, 6) is 0. The van der Waals surface area contributed by atoms with Crippen LogP contribution in [0.4, 0.5) is 0 Å². The van der Waals surface area contributed by atoms with Crippen molar-refractivity contribution in [2.45, 2.75) is 10.8 Å². The lowest BCUT2D eigenvalue weighted by atomic mass is 9.99. The molecule has 0 fully saturated rings. The Bertz CT molecular complexity index is 385. The first-order valence-corrected chi connectivity index (χ1v) is 5.26. The molecule has 17 heavy (non-hydrogen) atoms. The standard InChI is InChI=1S/C12H10Cl2.2ClH.H3P/c13-12(14)8-6-11(7-9-12)10-4-2-1-3-5-10;;;/h1-8H,9H2;2*1H;1H3. The first-order chi connectivity index (χ1) is 6.67. The summed E-state index contributed by atoms with van der Waals surface area (Å²) in [5.41, 5.74) is 2.38. The lowest BCUT2D eigenvalue weighted by Gasteiger charge is -2.17. The largest absolute Gasteiger partial charge is 0.153 e. The molecule has 5 heteroatoms. The van der Waals surface area contributed by atoms with Crippen LogP contribution in [0.15, 0.2) is 48.6 Å². The van der Waals surface area contributed by atoms with Crippen LogP contribution in [0.25, 0.3) is 5.57 Å². The molecule has 1 atom stereocenters. The third kappa shape index (κ3) is 5.64. The summed E-state index contributed by atoms with van der Waals surface area (Å²) < 4.78 is -0.724. The fraction of sp³-hybridized carbons (Fsp3) is 0.167. The van der Waals surface area contributed by atoms with Crippen molar-refractivity contribution in [2.75, 3.05) is 0 Å². The van der Waals surface area contributed by atoms with Crippen LogP contribution in [0, 0.1) is 0 Å². The summed E-state index contributed by atoms with van der Waals surface area (Å²) in [6.07, 6.45) is 6.53. The first-order valence-electron chi connectivity index (χ1n) is 4.50. The zero-order chi connectivity index (χ0) is 10.0. The average Bonchev–Trinajstić information content (AvgIpc) is 2.19. The number of hydrogen-bond donors (Lipinski definition) is 0. The lowest BCUT2D eigenvalue weighted by Crippen LogP contribution is -2.09. The van der Waals surface area contributed by atoms with Crippen LogP contribution in [0.3, 0.4) is 0 Å². The van der Waals surface area contributed by atoms with Crippen LogP contribution < -0.4 is 0 Å². The zero-order valence-corrected chi connectivity index (χ0v) is 13.7. The predicted molar refractivity (Wildman–Crippen MR) is 88.2 cm³/mol. The van der Waals surface area contributed by atoms with Gasteiger partial charge >= 0.3 is 0 Å². The number of rotatable bonds is 1. The SMILES string of the molecule is Cl.Cl.ClC1(Cl)C=CC(c2ccccc2)=CC1.P. The van der Waals surface area contributed by atoms with E-state index < -0.39 is 4.33 Å². The summed E-state index contributed by atoms with van der Waals surface area (Å²) in [4.78, 5) is 0. The van der Waals surface area contributed by atoms with Crippen LogP contribution in [0.1, 0.15) is 12.0 Å². The average molecular weight is 332 g/mol. The highest BCUT2D eigenvalue weighted by Gasteiger charge is 2.21. The molecule has 1 aromatic carbocycles. The molecule has 0 nitrogen and oxygen atoms in total. The fourth-order valence-electron chi connectivity index (χ4n) is 1.44. The van der Waals surface area contributed by atoms with Crippen molar-refractivity contribution < 1.29 is 0 Å². The van der Waals surface area contributed by atoms with Gasteiger partial charge in [-0.25, -0.2) is 0 Å². The van der Waals surface area contributed by atoms with Crippen molar-refractivity contribution in [1.29, 1.82) is 0 Å². The molecule has 0 aromatic heterocycles. The van der Waals surface area contributed by atoms with Gasteiger partial charge in [0.05, 0.1) is 0 Å². The van der Waals surface area contributed by atoms with Crippen molar-refractivity contribution in [2.24, 2.45) is 0 Å². The van der Waals surface area contributed by atoms with E-state index >= 15 is 0 Å². The molecule has 0 radical (unpaired) electrons. The Hall–Kier alpha value is 0.290. The van der Waals surface area contributed by atoms with Crippen molar-refractivity contribution in [3.8, 4) is 0 Å². The number of alkyl halides is 2. The molecule has 1 aliphatic rings. The smallest absolute Gasteiger partial charge is 0.140 e. The van der Waals surface area contributed by atoms with E-state index in [0.29, 0.717) is 6.42 Å². The number of halogens is 4. The van der Waals surface area contributed by atoms with Crippen molar-refractivity contribution >= 4 is 63.5 Å². The summed E-state index contributed by atoms with van der Waals surface area (Å²) in [6, 6.07) is 10.2. The van der Waals surface area contributed by atoms with E-state index in [-0.39, 0.29) is 34.7 Å². The second-order valence-electron chi connectivity index (χ2n) is 3.32. The van der Waals surface area contributed by atoms with E-state index in [4.69, 9.17) is 23.2 Å². The van der Waals surface area contributed by atoms with Crippen LogP contribution >= 0.6 is 57.9 Å². The molecule has 1 aliphatic carbocycles. The molecule has 0 bridgehead atoms. The molecule has 1 aromatic rings. The normalized spacial score (nSPS) is 15.8. The van der Waals surface area contributed by atoms with Crippen LogP contribution in [-0.2, 0) is 0 Å². The van der Waals surface area contributed by atoms with Gasteiger partial charge in [-0.15, -0.1) is 24.8 Å². The van der Waals surface area contributed by atoms with Crippen molar-refractivity contribution in [1.82, 2.24) is 0 Å². The summed E-state index contributed by atoms with van der Waals surface area (Å²) >= 11 is 11.9. The molecule has 0 aliphatic heterocycles. The van der Waals surface area contributed by atoms with Gasteiger partial charge in [0.2, 0.25) is 0 Å². The third-order valence-corrected chi connectivity index (χ3v) is 2.77. The van der Waals surface area contributed by atoms with Crippen LogP contribution in [0.5, 0.6) is 0 Å². The van der Waals surface area contributed by atoms with Crippen molar-refractivity contribution in [3.05, 3.63) is 54.1 Å². The Balaban J connectivity index is 0. The van der Waals surface area contributed by atoms with Gasteiger partial charge < -0.3 is 0 Å². The molecule has 0 saturated heterocycles. The van der Waals surface area contributed by atoms with Gasteiger partial charge in [0.25, 0.3) is 0 Å². The Morgan fingerprint density at radius 1 is 1.00 bits per heavy atom. The topological polar surface area (TPSA) is 0 Å². The maximum atomic E-state index is 5.96. The first kappa shape index (κ1) is 19.6. The summed E-state index contributed by atoms with van der Waals surface area (Å²) in [5, 5.41) is 0. The van der Waals surface area contributed by atoms with Gasteiger partial charge in [0.1, 0.15) is 4.33 Å². The maximum Gasteiger partial charge on any atom is 0.140 e. The minimum absolute atomic E-state index is 0. The van der Waals surface area contributed by atoms with E-state index in [0.717, 1.165) is 0 Å². The van der Waals surface area contributed by atoms with E-state index in [1.54, 1.807) is 0 Å². The molecule has 0 heterocycles. The molecule has 96 valence electrons. The Kier molecular flexibility index (Phi) is 9.70. The molecule has 0 spiro atoms. The zero-order valence-electron chi connectivity index (χ0n) is 9.11. The molecule has 0 amide bonds. The van der Waals surface area contributed by atoms with E-state index in [1.807, 2.05) is 30.4 Å². The van der Waals surface area contributed by atoms with E-state index in [9.17, 15) is 0 Å². The number of hydrogen-bond acceptors (Lipinski definition) is 0. The second kappa shape index (κ2) is 8.40. The Morgan fingerprint density at radius 3 is 2.06 bits per heavy atom. The molecule has 2 rings (SSSR count). The minimum atomic E-state index is -0.724. The quantitative estimate of drug-likeness (QED) is 0.495. The van der Waals surface area contributed by atoms with Gasteiger partial charge in [-0.3, -0.25) is 0 Å². The van der Waals surface area contributed by atoms with E-state index in [1.165, 1.54) is 11.1 Å². The number of allylic oxidation sites excluding steroid dienone is 4. The van der Waals surface area contributed by atoms with Gasteiger partial charge in [-0.1, -0.05) is 65.7 Å². The lowest BCUT2D eigenvalue weighted by molar-refractivity contribution is 0.965. The molecule has 0 N–H and O–H groups in total. The van der Waals surface area contributed by atoms with Crippen molar-refractivity contribution in [3.63, 3.8) is 0 Å². The second-order valence-corrected chi connectivity index (χ2v) is 4.87. The molecule has 0 saturated carbocycles. The molecule has 1 unspecified atom stereocenters. The Labute approximate surface area is 128 Å². The maximum absolute atomic E-state index is 5.96. The third-order valence-electron chi connectivity index (χ3n) is 2.21. The molecular weight excluding hydrogens is 317 g/mol. The number of benzene rings is 1. The Morgan fingerprint density at radius 2 is 1.59 bits per heavy atom. The highest BCUT2D eigenvalue weighted by Crippen LogP contribution is 2.34. The predicted octanol–water partition coefficient (Wildman–Crippen LogP) is 5.11.